The molecule has 0 aliphatic carbocycles. The van der Waals surface area contributed by atoms with E-state index in [1.165, 1.54) is 5.56 Å². The van der Waals surface area contributed by atoms with Crippen molar-refractivity contribution in [3.05, 3.63) is 84.1 Å². The molecule has 0 bridgehead atoms. The molecular weight excluding hydrogens is 352 g/mol. The Hall–Kier alpha value is -2.33. The van der Waals surface area contributed by atoms with Gasteiger partial charge in [0.25, 0.3) is 0 Å². The quantitative estimate of drug-likeness (QED) is 0.488. The van der Waals surface area contributed by atoms with Gasteiger partial charge in [-0.05, 0) is 13.0 Å². The van der Waals surface area contributed by atoms with Crippen molar-refractivity contribution in [2.24, 2.45) is 0 Å². The molecule has 4 heteroatoms. The second-order valence-electron chi connectivity index (χ2n) is 5.25. The SMILES string of the molecule is Cc1ccc(-c2ccc[n+](CC(=O)c3ccccc3)n2)cc1.[Br-]. The molecule has 0 aliphatic heterocycles. The molecule has 1 heterocycles. The first-order valence-corrected chi connectivity index (χ1v) is 7.24. The number of rotatable bonds is 4. The topological polar surface area (TPSA) is 33.8 Å². The molecule has 3 aromatic rings. The lowest BCUT2D eigenvalue weighted by Gasteiger charge is -2.00. The Morgan fingerprint density at radius 1 is 0.957 bits per heavy atom. The van der Waals surface area contributed by atoms with Crippen LogP contribution in [0, 0.1) is 6.92 Å². The van der Waals surface area contributed by atoms with Crippen molar-refractivity contribution in [3.8, 4) is 11.3 Å². The van der Waals surface area contributed by atoms with E-state index in [1.807, 2.05) is 60.8 Å². The minimum atomic E-state index is 0. The molecule has 0 amide bonds. The van der Waals surface area contributed by atoms with Gasteiger partial charge < -0.3 is 17.0 Å². The summed E-state index contributed by atoms with van der Waals surface area (Å²) in [6.07, 6.45) is 1.82. The van der Waals surface area contributed by atoms with Crippen LogP contribution in [-0.2, 0) is 6.54 Å². The van der Waals surface area contributed by atoms with Gasteiger partial charge in [0.15, 0.2) is 6.20 Å². The number of carbonyl (C=O) groups excluding carboxylic acids is 1. The summed E-state index contributed by atoms with van der Waals surface area (Å²) in [6.45, 7) is 2.30. The van der Waals surface area contributed by atoms with E-state index in [0.29, 0.717) is 5.56 Å². The second-order valence-corrected chi connectivity index (χ2v) is 5.25. The maximum Gasteiger partial charge on any atom is 0.236 e. The first kappa shape index (κ1) is 17.0. The fourth-order valence-electron chi connectivity index (χ4n) is 2.27. The van der Waals surface area contributed by atoms with Gasteiger partial charge in [-0.3, -0.25) is 4.79 Å². The molecule has 2 aromatic carbocycles. The highest BCUT2D eigenvalue weighted by Gasteiger charge is 2.14. The third-order valence-electron chi connectivity index (χ3n) is 3.50. The number of aryl methyl sites for hydroxylation is 1. The van der Waals surface area contributed by atoms with Crippen LogP contribution in [0.1, 0.15) is 15.9 Å². The van der Waals surface area contributed by atoms with Crippen molar-refractivity contribution < 1.29 is 26.5 Å². The van der Waals surface area contributed by atoms with Crippen LogP contribution in [0.5, 0.6) is 0 Å². The maximum absolute atomic E-state index is 12.2. The monoisotopic (exact) mass is 368 g/mol. The third kappa shape index (κ3) is 4.33. The smallest absolute Gasteiger partial charge is 0.236 e. The zero-order chi connectivity index (χ0) is 15.4. The Morgan fingerprint density at radius 2 is 1.65 bits per heavy atom. The van der Waals surface area contributed by atoms with Gasteiger partial charge in [-0.1, -0.05) is 64.8 Å². The van der Waals surface area contributed by atoms with E-state index in [1.54, 1.807) is 4.68 Å². The van der Waals surface area contributed by atoms with Gasteiger partial charge in [0.05, 0.1) is 0 Å². The molecule has 0 spiro atoms. The van der Waals surface area contributed by atoms with Crippen molar-refractivity contribution in [1.82, 2.24) is 5.10 Å². The Balaban J connectivity index is 0.00000192. The summed E-state index contributed by atoms with van der Waals surface area (Å²) >= 11 is 0. The zero-order valence-electron chi connectivity index (χ0n) is 12.8. The first-order chi connectivity index (χ1) is 10.7. The molecule has 3 nitrogen and oxygen atoms in total. The predicted octanol–water partition coefficient (Wildman–Crippen LogP) is 0.231. The van der Waals surface area contributed by atoms with Gasteiger partial charge in [-0.2, -0.15) is 0 Å². The Morgan fingerprint density at radius 3 is 2.35 bits per heavy atom. The second kappa shape index (κ2) is 7.79. The summed E-state index contributed by atoms with van der Waals surface area (Å²) in [5.41, 5.74) is 3.83. The van der Waals surface area contributed by atoms with Gasteiger partial charge in [0, 0.05) is 22.3 Å². The number of Topliss-reactive ketones (excluding diaryl/α,β-unsaturated/α-hetero) is 1. The largest absolute Gasteiger partial charge is 1.00 e. The van der Waals surface area contributed by atoms with Crippen molar-refractivity contribution in [2.75, 3.05) is 0 Å². The minimum absolute atomic E-state index is 0. The number of halogens is 1. The lowest BCUT2D eigenvalue weighted by Crippen LogP contribution is -3.00. The van der Waals surface area contributed by atoms with Gasteiger partial charge in [0.2, 0.25) is 12.3 Å². The van der Waals surface area contributed by atoms with Crippen molar-refractivity contribution in [3.63, 3.8) is 0 Å². The molecule has 0 aliphatic rings. The number of hydrogen-bond donors (Lipinski definition) is 0. The van der Waals surface area contributed by atoms with E-state index in [2.05, 4.69) is 24.2 Å². The van der Waals surface area contributed by atoms with E-state index in [0.717, 1.165) is 11.3 Å². The van der Waals surface area contributed by atoms with Gasteiger partial charge in [-0.25, -0.2) is 0 Å². The third-order valence-corrected chi connectivity index (χ3v) is 3.50. The van der Waals surface area contributed by atoms with Crippen LogP contribution in [0.4, 0.5) is 0 Å². The minimum Gasteiger partial charge on any atom is -1.00 e. The van der Waals surface area contributed by atoms with Crippen LogP contribution in [0.25, 0.3) is 11.3 Å². The lowest BCUT2D eigenvalue weighted by atomic mass is 10.1. The molecule has 0 unspecified atom stereocenters. The van der Waals surface area contributed by atoms with E-state index in [-0.39, 0.29) is 29.3 Å². The number of benzene rings is 2. The van der Waals surface area contributed by atoms with Crippen LogP contribution < -0.4 is 21.7 Å². The van der Waals surface area contributed by atoms with Crippen molar-refractivity contribution in [2.45, 2.75) is 13.5 Å². The number of carbonyl (C=O) groups is 1. The first-order valence-electron chi connectivity index (χ1n) is 7.24. The van der Waals surface area contributed by atoms with Crippen molar-refractivity contribution in [1.29, 1.82) is 0 Å². The molecule has 116 valence electrons. The Bertz CT molecular complexity index is 786. The van der Waals surface area contributed by atoms with Crippen LogP contribution in [-0.4, -0.2) is 10.9 Å². The number of nitrogens with zero attached hydrogens (tertiary/aromatic N) is 2. The lowest BCUT2D eigenvalue weighted by molar-refractivity contribution is -0.740. The summed E-state index contributed by atoms with van der Waals surface area (Å²) in [4.78, 5) is 12.2. The summed E-state index contributed by atoms with van der Waals surface area (Å²) in [5, 5.41) is 4.53. The molecule has 0 saturated heterocycles. The van der Waals surface area contributed by atoms with E-state index < -0.39 is 0 Å². The Labute approximate surface area is 146 Å². The summed E-state index contributed by atoms with van der Waals surface area (Å²) < 4.78 is 1.69. The van der Waals surface area contributed by atoms with Crippen LogP contribution in [0.3, 0.4) is 0 Å². The van der Waals surface area contributed by atoms with Crippen LogP contribution in [0.15, 0.2) is 72.9 Å². The summed E-state index contributed by atoms with van der Waals surface area (Å²) in [7, 11) is 0. The fourth-order valence-corrected chi connectivity index (χ4v) is 2.27. The molecule has 1 aromatic heterocycles. The maximum atomic E-state index is 12.2. The van der Waals surface area contributed by atoms with E-state index >= 15 is 0 Å². The molecule has 0 saturated carbocycles. The molecule has 0 radical (unpaired) electrons. The molecule has 3 rings (SSSR count). The fraction of sp³-hybridized carbons (Fsp3) is 0.105. The molecule has 0 atom stereocenters. The van der Waals surface area contributed by atoms with Gasteiger partial charge >= 0.3 is 0 Å². The van der Waals surface area contributed by atoms with Crippen molar-refractivity contribution >= 4 is 5.78 Å². The zero-order valence-corrected chi connectivity index (χ0v) is 14.4. The van der Waals surface area contributed by atoms with Gasteiger partial charge in [0.1, 0.15) is 5.69 Å². The average Bonchev–Trinajstić information content (AvgIpc) is 2.56. The van der Waals surface area contributed by atoms with Gasteiger partial charge in [-0.15, -0.1) is 0 Å². The highest BCUT2D eigenvalue weighted by Crippen LogP contribution is 2.15. The number of aromatic nitrogens is 2. The van der Waals surface area contributed by atoms with E-state index in [9.17, 15) is 4.79 Å². The van der Waals surface area contributed by atoms with Crippen LogP contribution >= 0.6 is 0 Å². The number of hydrogen-bond acceptors (Lipinski definition) is 2. The summed E-state index contributed by atoms with van der Waals surface area (Å²) in [5.74, 6) is 0.0548. The summed E-state index contributed by atoms with van der Waals surface area (Å²) in [6, 6.07) is 21.4. The normalized spacial score (nSPS) is 9.96. The van der Waals surface area contributed by atoms with Crippen LogP contribution in [0.2, 0.25) is 0 Å². The molecule has 23 heavy (non-hydrogen) atoms. The average molecular weight is 369 g/mol. The Kier molecular flexibility index (Phi) is 5.77. The molecule has 0 N–H and O–H groups in total. The molecular formula is C19H17BrN2O. The molecule has 0 fully saturated rings. The highest BCUT2D eigenvalue weighted by atomic mass is 79.9. The standard InChI is InChI=1S/C19H17N2O.BrH/c1-15-9-11-16(12-10-15)18-8-5-13-21(20-18)14-19(22)17-6-3-2-4-7-17;/h2-13H,14H2,1H3;1H/q+1;/p-1. The predicted molar refractivity (Wildman–Crippen MR) is 85.4 cm³/mol. The number of ketones is 1. The highest BCUT2D eigenvalue weighted by molar-refractivity contribution is 5.94. The van der Waals surface area contributed by atoms with E-state index in [4.69, 9.17) is 0 Å².